The van der Waals surface area contributed by atoms with Crippen LogP contribution in [0.25, 0.3) is 21.1 Å². The lowest BCUT2D eigenvalue weighted by atomic mass is 9.78. The number of aromatic amines is 1. The third-order valence-electron chi connectivity index (χ3n) is 6.49. The van der Waals surface area contributed by atoms with Crippen LogP contribution >= 0.6 is 11.3 Å². The van der Waals surface area contributed by atoms with Crippen LogP contribution in [-0.4, -0.2) is 32.8 Å². The highest BCUT2D eigenvalue weighted by molar-refractivity contribution is 7.17. The molecule has 148 valence electrons. The second kappa shape index (κ2) is 6.99. The van der Waals surface area contributed by atoms with Crippen LogP contribution < -0.4 is 10.2 Å². The van der Waals surface area contributed by atoms with E-state index in [4.69, 9.17) is 9.97 Å². The molecule has 2 unspecified atom stereocenters. The van der Waals surface area contributed by atoms with E-state index in [2.05, 4.69) is 50.1 Å². The van der Waals surface area contributed by atoms with Crippen LogP contribution in [0.5, 0.6) is 0 Å². The van der Waals surface area contributed by atoms with E-state index in [0.29, 0.717) is 6.04 Å². The summed E-state index contributed by atoms with van der Waals surface area (Å²) in [6, 6.07) is 8.94. The van der Waals surface area contributed by atoms with Gasteiger partial charge in [0.15, 0.2) is 5.82 Å². The minimum absolute atomic E-state index is 0.601. The lowest BCUT2D eigenvalue weighted by Gasteiger charge is -2.44. The Balaban J connectivity index is 1.39. The first kappa shape index (κ1) is 17.2. The maximum atomic E-state index is 5.04. The molecule has 0 amide bonds. The van der Waals surface area contributed by atoms with Crippen LogP contribution in [0.4, 0.5) is 17.5 Å². The molecule has 1 aliphatic heterocycles. The maximum Gasteiger partial charge on any atom is 0.228 e. The highest BCUT2D eigenvalue weighted by Gasteiger charge is 2.34. The largest absolute Gasteiger partial charge is 0.339 e. The number of H-pyrrole nitrogens is 1. The lowest BCUT2D eigenvalue weighted by Crippen LogP contribution is -2.47. The summed E-state index contributed by atoms with van der Waals surface area (Å²) in [5.41, 5.74) is 3.09. The third kappa shape index (κ3) is 3.04. The number of nitrogens with zero attached hydrogens (tertiary/aromatic N) is 4. The second-order valence-electron chi connectivity index (χ2n) is 8.25. The van der Waals surface area contributed by atoms with Gasteiger partial charge in [-0.25, -0.2) is 4.98 Å². The molecular weight excluding hydrogens is 380 g/mol. The van der Waals surface area contributed by atoms with Crippen LogP contribution in [0.1, 0.15) is 38.5 Å². The molecule has 1 aliphatic carbocycles. The first-order valence-corrected chi connectivity index (χ1v) is 11.5. The molecule has 3 aromatic heterocycles. The Labute approximate surface area is 173 Å². The topological polar surface area (TPSA) is 69.7 Å². The second-order valence-corrected chi connectivity index (χ2v) is 9.17. The van der Waals surface area contributed by atoms with Crippen molar-refractivity contribution in [2.75, 3.05) is 16.8 Å². The Hall–Kier alpha value is -2.67. The molecule has 1 saturated heterocycles. The van der Waals surface area contributed by atoms with E-state index >= 15 is 0 Å². The standard InChI is InChI=1S/C22H24N6S/c1-2-6-19-14(4-1)5-3-10-28(19)22-25-18-9-11-29-20(18)21(26-22)24-16-7-8-17-15(12-16)13-23-27-17/h7-9,11-14,19H,1-6,10H2,(H,23,27)(H,24,25,26). The molecule has 0 bridgehead atoms. The number of nitrogens with one attached hydrogen (secondary N) is 2. The maximum absolute atomic E-state index is 5.04. The average molecular weight is 405 g/mol. The van der Waals surface area contributed by atoms with Gasteiger partial charge in [0.05, 0.1) is 21.9 Å². The number of hydrogen-bond acceptors (Lipinski definition) is 6. The lowest BCUT2D eigenvalue weighted by molar-refractivity contribution is 0.241. The van der Waals surface area contributed by atoms with Crippen molar-refractivity contribution in [1.82, 2.24) is 20.2 Å². The van der Waals surface area contributed by atoms with Gasteiger partial charge in [-0.15, -0.1) is 11.3 Å². The first-order chi connectivity index (χ1) is 14.3. The quantitative estimate of drug-likeness (QED) is 0.474. The minimum atomic E-state index is 0.601. The molecule has 2 atom stereocenters. The van der Waals surface area contributed by atoms with Gasteiger partial charge < -0.3 is 10.2 Å². The van der Waals surface area contributed by atoms with E-state index in [1.54, 1.807) is 11.3 Å². The molecule has 2 N–H and O–H groups in total. The summed E-state index contributed by atoms with van der Waals surface area (Å²) in [6.07, 6.45) is 9.79. The summed E-state index contributed by atoms with van der Waals surface area (Å²) in [5.74, 6) is 2.60. The van der Waals surface area contributed by atoms with Crippen LogP contribution in [-0.2, 0) is 0 Å². The monoisotopic (exact) mass is 404 g/mol. The normalized spacial score (nSPS) is 22.1. The van der Waals surface area contributed by atoms with Crippen LogP contribution in [0.2, 0.25) is 0 Å². The molecule has 0 spiro atoms. The van der Waals surface area contributed by atoms with Gasteiger partial charge in [-0.05, 0) is 61.2 Å². The van der Waals surface area contributed by atoms with E-state index in [1.807, 2.05) is 6.20 Å². The summed E-state index contributed by atoms with van der Waals surface area (Å²) in [7, 11) is 0. The Morgan fingerprint density at radius 3 is 3.00 bits per heavy atom. The van der Waals surface area contributed by atoms with Gasteiger partial charge >= 0.3 is 0 Å². The van der Waals surface area contributed by atoms with Crippen molar-refractivity contribution in [3.05, 3.63) is 35.8 Å². The molecular formula is C22H24N6S. The average Bonchev–Trinajstić information content (AvgIpc) is 3.42. The number of hydrogen-bond donors (Lipinski definition) is 2. The van der Waals surface area contributed by atoms with Gasteiger partial charge in [0.1, 0.15) is 0 Å². The van der Waals surface area contributed by atoms with Crippen molar-refractivity contribution in [2.24, 2.45) is 5.92 Å². The molecule has 2 fully saturated rings. The number of aromatic nitrogens is 4. The molecule has 6 rings (SSSR count). The molecule has 6 nitrogen and oxygen atoms in total. The SMILES string of the molecule is c1cc2nc(N3CCCC4CCCCC43)nc(Nc3ccc4[nH]ncc4c3)c2s1. The summed E-state index contributed by atoms with van der Waals surface area (Å²) >= 11 is 1.69. The van der Waals surface area contributed by atoms with Crippen molar-refractivity contribution in [1.29, 1.82) is 0 Å². The summed E-state index contributed by atoms with van der Waals surface area (Å²) in [5, 5.41) is 13.9. The zero-order valence-electron chi connectivity index (χ0n) is 16.3. The van der Waals surface area contributed by atoms with E-state index in [0.717, 1.165) is 51.0 Å². The number of anilines is 3. The van der Waals surface area contributed by atoms with Gasteiger partial charge in [0.25, 0.3) is 0 Å². The van der Waals surface area contributed by atoms with Crippen molar-refractivity contribution < 1.29 is 0 Å². The summed E-state index contributed by atoms with van der Waals surface area (Å²) in [4.78, 5) is 12.5. The molecule has 0 radical (unpaired) electrons. The molecule has 4 aromatic rings. The fourth-order valence-corrected chi connectivity index (χ4v) is 5.87. The molecule has 1 aromatic carbocycles. The number of fused-ring (bicyclic) bond motifs is 3. The van der Waals surface area contributed by atoms with E-state index in [1.165, 1.54) is 38.5 Å². The highest BCUT2D eigenvalue weighted by atomic mass is 32.1. The van der Waals surface area contributed by atoms with Crippen molar-refractivity contribution >= 4 is 49.9 Å². The minimum Gasteiger partial charge on any atom is -0.339 e. The zero-order chi connectivity index (χ0) is 19.2. The van der Waals surface area contributed by atoms with E-state index in [-0.39, 0.29) is 0 Å². The van der Waals surface area contributed by atoms with Crippen molar-refractivity contribution in [3.63, 3.8) is 0 Å². The highest BCUT2D eigenvalue weighted by Crippen LogP contribution is 2.38. The molecule has 4 heterocycles. The number of thiophene rings is 1. The Morgan fingerprint density at radius 1 is 1.07 bits per heavy atom. The van der Waals surface area contributed by atoms with Gasteiger partial charge in [0, 0.05) is 23.7 Å². The first-order valence-electron chi connectivity index (χ1n) is 10.6. The third-order valence-corrected chi connectivity index (χ3v) is 7.41. The zero-order valence-corrected chi connectivity index (χ0v) is 17.1. The summed E-state index contributed by atoms with van der Waals surface area (Å²) in [6.45, 7) is 1.07. The van der Waals surface area contributed by atoms with Gasteiger partial charge in [-0.3, -0.25) is 5.10 Å². The Kier molecular flexibility index (Phi) is 4.15. The fourth-order valence-electron chi connectivity index (χ4n) is 5.09. The van der Waals surface area contributed by atoms with Crippen molar-refractivity contribution in [3.8, 4) is 0 Å². The smallest absolute Gasteiger partial charge is 0.228 e. The van der Waals surface area contributed by atoms with Crippen LogP contribution in [0.15, 0.2) is 35.8 Å². The van der Waals surface area contributed by atoms with Gasteiger partial charge in [-0.1, -0.05) is 12.8 Å². The van der Waals surface area contributed by atoms with Gasteiger partial charge in [-0.2, -0.15) is 10.1 Å². The predicted molar refractivity (Wildman–Crippen MR) is 119 cm³/mol. The number of piperidine rings is 1. The predicted octanol–water partition coefficient (Wildman–Crippen LogP) is 5.47. The van der Waals surface area contributed by atoms with E-state index < -0.39 is 0 Å². The molecule has 1 saturated carbocycles. The van der Waals surface area contributed by atoms with Crippen molar-refractivity contribution in [2.45, 2.75) is 44.6 Å². The number of benzene rings is 1. The van der Waals surface area contributed by atoms with Gasteiger partial charge in [0.2, 0.25) is 5.95 Å². The Bertz CT molecular complexity index is 1160. The van der Waals surface area contributed by atoms with Crippen LogP contribution in [0, 0.1) is 5.92 Å². The Morgan fingerprint density at radius 2 is 2.00 bits per heavy atom. The van der Waals surface area contributed by atoms with Crippen LogP contribution in [0.3, 0.4) is 0 Å². The number of rotatable bonds is 3. The fraction of sp³-hybridized carbons (Fsp3) is 0.409. The summed E-state index contributed by atoms with van der Waals surface area (Å²) < 4.78 is 1.11. The molecule has 7 heteroatoms. The van der Waals surface area contributed by atoms with E-state index in [9.17, 15) is 0 Å². The molecule has 29 heavy (non-hydrogen) atoms. The molecule has 2 aliphatic rings.